The number of rotatable bonds is 5. The first-order valence-corrected chi connectivity index (χ1v) is 11.1. The number of carbonyl (C=O) groups is 1. The SMILES string of the molecule is C=CC(=O)[N+]1=C[C@@H](O)[C@@H](c2c(-c3ccc(Oc4cccc(C)n4)cc3)c3c(N)ncnc3n2C)C1. The first-order valence-electron chi connectivity index (χ1n) is 11.1. The Morgan fingerprint density at radius 1 is 1.26 bits per heavy atom. The van der Waals surface area contributed by atoms with E-state index in [1.54, 1.807) is 6.07 Å². The predicted octanol–water partition coefficient (Wildman–Crippen LogP) is 2.97. The molecule has 0 unspecified atom stereocenters. The number of nitrogens with zero attached hydrogens (tertiary/aromatic N) is 5. The molecule has 4 aromatic rings. The van der Waals surface area contributed by atoms with Gasteiger partial charge in [0.05, 0.1) is 11.3 Å². The van der Waals surface area contributed by atoms with Gasteiger partial charge in [-0.25, -0.2) is 19.7 Å². The van der Waals surface area contributed by atoms with Crippen LogP contribution < -0.4 is 10.5 Å². The van der Waals surface area contributed by atoms with Crippen molar-refractivity contribution in [3.63, 3.8) is 0 Å². The molecule has 35 heavy (non-hydrogen) atoms. The number of nitrogen functional groups attached to an aromatic ring is 1. The van der Waals surface area contributed by atoms with Gasteiger partial charge in [-0.2, -0.15) is 4.58 Å². The summed E-state index contributed by atoms with van der Waals surface area (Å²) in [4.78, 5) is 25.2. The van der Waals surface area contributed by atoms with E-state index in [2.05, 4.69) is 21.5 Å². The van der Waals surface area contributed by atoms with Gasteiger partial charge in [0.1, 0.15) is 29.6 Å². The van der Waals surface area contributed by atoms with Crippen LogP contribution in [0.2, 0.25) is 0 Å². The smallest absolute Gasteiger partial charge is 0.411 e. The van der Waals surface area contributed by atoms with Gasteiger partial charge in [0.15, 0.2) is 12.8 Å². The molecule has 0 spiro atoms. The number of hydrogen-bond acceptors (Lipinski definition) is 7. The Kier molecular flexibility index (Phi) is 5.62. The molecule has 0 fully saturated rings. The molecule has 0 aliphatic carbocycles. The number of aromatic nitrogens is 4. The van der Waals surface area contributed by atoms with Crippen molar-refractivity contribution in [2.24, 2.45) is 7.05 Å². The van der Waals surface area contributed by atoms with E-state index in [1.807, 2.05) is 54.9 Å². The number of amides is 1. The molecule has 0 saturated heterocycles. The van der Waals surface area contributed by atoms with Gasteiger partial charge in [-0.1, -0.05) is 24.8 Å². The highest BCUT2D eigenvalue weighted by Gasteiger charge is 2.40. The first kappa shape index (κ1) is 22.4. The van der Waals surface area contributed by atoms with Crippen molar-refractivity contribution in [2.75, 3.05) is 12.3 Å². The molecular weight excluding hydrogens is 444 g/mol. The highest BCUT2D eigenvalue weighted by molar-refractivity contribution is 6.03. The summed E-state index contributed by atoms with van der Waals surface area (Å²) in [5.41, 5.74) is 10.3. The van der Waals surface area contributed by atoms with Crippen LogP contribution in [0, 0.1) is 6.92 Å². The molecular formula is C26H25N6O3+. The molecule has 0 bridgehead atoms. The summed E-state index contributed by atoms with van der Waals surface area (Å²) >= 11 is 0. The lowest BCUT2D eigenvalue weighted by Crippen LogP contribution is -2.21. The third-order valence-corrected chi connectivity index (χ3v) is 6.22. The monoisotopic (exact) mass is 469 g/mol. The second-order valence-corrected chi connectivity index (χ2v) is 8.46. The molecule has 3 N–H and O–H groups in total. The van der Waals surface area contributed by atoms with E-state index in [1.165, 1.54) is 23.2 Å². The maximum absolute atomic E-state index is 12.2. The highest BCUT2D eigenvalue weighted by Crippen LogP contribution is 2.41. The van der Waals surface area contributed by atoms with Crippen LogP contribution in [0.25, 0.3) is 22.2 Å². The summed E-state index contributed by atoms with van der Waals surface area (Å²) in [6, 6.07) is 13.2. The number of ether oxygens (including phenoxy) is 1. The lowest BCUT2D eigenvalue weighted by Gasteiger charge is -2.15. The lowest BCUT2D eigenvalue weighted by atomic mass is 9.93. The zero-order valence-corrected chi connectivity index (χ0v) is 19.4. The topological polar surface area (TPSA) is 119 Å². The molecule has 5 rings (SSSR count). The Bertz CT molecular complexity index is 1490. The molecule has 176 valence electrons. The van der Waals surface area contributed by atoms with Crippen LogP contribution in [0.4, 0.5) is 5.82 Å². The Morgan fingerprint density at radius 2 is 2.03 bits per heavy atom. The molecule has 4 heterocycles. The molecule has 2 atom stereocenters. The maximum atomic E-state index is 12.2. The summed E-state index contributed by atoms with van der Waals surface area (Å²) in [6.07, 6.45) is 3.31. The molecule has 3 aromatic heterocycles. The van der Waals surface area contributed by atoms with Crippen molar-refractivity contribution in [1.29, 1.82) is 0 Å². The first-order chi connectivity index (χ1) is 16.9. The lowest BCUT2D eigenvalue weighted by molar-refractivity contribution is -0.433. The summed E-state index contributed by atoms with van der Waals surface area (Å²) in [5.74, 6) is 0.830. The molecule has 9 heteroatoms. The minimum atomic E-state index is -0.871. The van der Waals surface area contributed by atoms with E-state index < -0.39 is 6.10 Å². The van der Waals surface area contributed by atoms with Gasteiger partial charge >= 0.3 is 5.91 Å². The molecule has 1 aliphatic heterocycles. The van der Waals surface area contributed by atoms with E-state index in [-0.39, 0.29) is 11.8 Å². The number of benzene rings is 1. The van der Waals surface area contributed by atoms with Crippen molar-refractivity contribution in [2.45, 2.75) is 18.9 Å². The fourth-order valence-electron chi connectivity index (χ4n) is 4.60. The molecule has 9 nitrogen and oxygen atoms in total. The van der Waals surface area contributed by atoms with Gasteiger partial charge in [0.25, 0.3) is 0 Å². The van der Waals surface area contributed by atoms with Gasteiger partial charge in [-0.3, -0.25) is 0 Å². The van der Waals surface area contributed by atoms with Crippen LogP contribution >= 0.6 is 0 Å². The quantitative estimate of drug-likeness (QED) is 0.341. The van der Waals surface area contributed by atoms with Crippen molar-refractivity contribution in [3.8, 4) is 22.8 Å². The van der Waals surface area contributed by atoms with Crippen molar-refractivity contribution < 1.29 is 19.2 Å². The number of aliphatic hydroxyl groups is 1. The minimum absolute atomic E-state index is 0.266. The number of fused-ring (bicyclic) bond motifs is 1. The van der Waals surface area contributed by atoms with Gasteiger partial charge < -0.3 is 20.1 Å². The van der Waals surface area contributed by atoms with Crippen LogP contribution in [0.5, 0.6) is 11.6 Å². The van der Waals surface area contributed by atoms with Crippen molar-refractivity contribution >= 4 is 29.0 Å². The van der Waals surface area contributed by atoms with E-state index in [9.17, 15) is 9.90 Å². The standard InChI is InChI=1S/C26H25N6O3/c1-4-21(34)32-12-18(19(33)13-32)24-22(23-25(27)28-14-29-26(23)31(24)3)16-8-10-17(11-9-16)35-20-7-5-6-15(2)30-20/h4-11,13-14,18-19,33H,1,12H2,2-3H3,(H2,27,28,29)/q+1/t18-,19+/m0/s1. The number of pyridine rings is 1. The van der Waals surface area contributed by atoms with E-state index in [0.29, 0.717) is 35.0 Å². The summed E-state index contributed by atoms with van der Waals surface area (Å²) in [6.45, 7) is 5.76. The second-order valence-electron chi connectivity index (χ2n) is 8.46. The summed E-state index contributed by atoms with van der Waals surface area (Å²) in [7, 11) is 1.87. The molecule has 1 aliphatic rings. The summed E-state index contributed by atoms with van der Waals surface area (Å²) in [5, 5.41) is 11.6. The Labute approximate surface area is 201 Å². The third kappa shape index (κ3) is 3.95. The number of carbonyl (C=O) groups excluding carboxylic acids is 1. The molecule has 0 radical (unpaired) electrons. The fraction of sp³-hybridized carbons (Fsp3) is 0.192. The van der Waals surface area contributed by atoms with Gasteiger partial charge in [0, 0.05) is 36.1 Å². The van der Waals surface area contributed by atoms with Crippen molar-refractivity contribution in [1.82, 2.24) is 19.5 Å². The van der Waals surface area contributed by atoms with Crippen molar-refractivity contribution in [3.05, 3.63) is 72.8 Å². The molecule has 1 amide bonds. The van der Waals surface area contributed by atoms with Gasteiger partial charge in [-0.05, 0) is 30.7 Å². The van der Waals surface area contributed by atoms with E-state index in [0.717, 1.165) is 22.5 Å². The highest BCUT2D eigenvalue weighted by atomic mass is 16.5. The number of nitrogens with two attached hydrogens (primary N) is 1. The zero-order valence-electron chi connectivity index (χ0n) is 19.4. The normalized spacial score (nSPS) is 17.4. The summed E-state index contributed by atoms with van der Waals surface area (Å²) < 4.78 is 9.29. The average molecular weight is 470 g/mol. The van der Waals surface area contributed by atoms with Crippen LogP contribution in [-0.2, 0) is 11.8 Å². The average Bonchev–Trinajstić information content (AvgIpc) is 3.37. The largest absolute Gasteiger partial charge is 0.439 e. The van der Waals surface area contributed by atoms with Gasteiger partial charge in [0.2, 0.25) is 5.88 Å². The van der Waals surface area contributed by atoms with E-state index in [4.69, 9.17) is 10.5 Å². The Hall–Kier alpha value is -4.37. The zero-order chi connectivity index (χ0) is 24.7. The molecule has 0 saturated carbocycles. The van der Waals surface area contributed by atoms with E-state index >= 15 is 0 Å². The molecule has 1 aromatic carbocycles. The fourth-order valence-corrected chi connectivity index (χ4v) is 4.60. The second kappa shape index (κ2) is 8.77. The number of hydrogen-bond donors (Lipinski definition) is 2. The van der Waals surface area contributed by atoms with Crippen LogP contribution in [0.15, 0.2) is 61.4 Å². The van der Waals surface area contributed by atoms with Crippen LogP contribution in [0.3, 0.4) is 0 Å². The van der Waals surface area contributed by atoms with Crippen LogP contribution in [0.1, 0.15) is 17.3 Å². The minimum Gasteiger partial charge on any atom is -0.439 e. The Morgan fingerprint density at radius 3 is 2.74 bits per heavy atom. The van der Waals surface area contributed by atoms with Gasteiger partial charge in [-0.15, -0.1) is 0 Å². The maximum Gasteiger partial charge on any atom is 0.411 e. The third-order valence-electron chi connectivity index (χ3n) is 6.22. The predicted molar refractivity (Wildman–Crippen MR) is 133 cm³/mol. The van der Waals surface area contributed by atoms with Crippen LogP contribution in [-0.4, -0.2) is 54.0 Å². The number of anilines is 1. The number of aryl methyl sites for hydroxylation is 2. The Balaban J connectivity index is 1.60. The number of aliphatic hydroxyl groups excluding tert-OH is 1.